The summed E-state index contributed by atoms with van der Waals surface area (Å²) in [6.07, 6.45) is 0. The van der Waals surface area contributed by atoms with E-state index in [0.29, 0.717) is 29.2 Å². The van der Waals surface area contributed by atoms with Crippen molar-refractivity contribution in [2.24, 2.45) is 0 Å². The highest BCUT2D eigenvalue weighted by Crippen LogP contribution is 2.31. The first-order valence-electron chi connectivity index (χ1n) is 8.30. The van der Waals surface area contributed by atoms with Gasteiger partial charge in [-0.15, -0.1) is 0 Å². The number of methoxy groups -OCH3 is 2. The monoisotopic (exact) mass is 368 g/mol. The molecule has 1 aliphatic heterocycles. The van der Waals surface area contributed by atoms with E-state index >= 15 is 0 Å². The molecule has 0 atom stereocenters. The van der Waals surface area contributed by atoms with E-state index in [1.807, 2.05) is 12.1 Å². The summed E-state index contributed by atoms with van der Waals surface area (Å²) in [6.45, 7) is 0.295. The van der Waals surface area contributed by atoms with Gasteiger partial charge in [0, 0.05) is 31.8 Å². The molecule has 7 nitrogen and oxygen atoms in total. The topological polar surface area (TPSA) is 76.2 Å². The summed E-state index contributed by atoms with van der Waals surface area (Å²) in [5.74, 6) is 0.124. The molecule has 0 bridgehead atoms. The standard InChI is InChI=1S/C20H20N2O5/c1-21(11-13-6-5-7-16(26-3)17(13)27-4)18(23)12-8-9-14-15(10-12)20(25)22(2)19(14)24/h5-10H,11H2,1-4H3. The summed E-state index contributed by atoms with van der Waals surface area (Å²) >= 11 is 0. The Hall–Kier alpha value is -3.35. The molecule has 140 valence electrons. The third-order valence-corrected chi connectivity index (χ3v) is 4.58. The van der Waals surface area contributed by atoms with Gasteiger partial charge in [-0.1, -0.05) is 12.1 Å². The third-order valence-electron chi connectivity index (χ3n) is 4.58. The lowest BCUT2D eigenvalue weighted by atomic mass is 10.0. The number of hydrogen-bond acceptors (Lipinski definition) is 5. The number of imide groups is 1. The predicted molar refractivity (Wildman–Crippen MR) is 98.2 cm³/mol. The number of rotatable bonds is 5. The van der Waals surface area contributed by atoms with E-state index in [1.54, 1.807) is 33.4 Å². The summed E-state index contributed by atoms with van der Waals surface area (Å²) in [5.41, 5.74) is 1.70. The van der Waals surface area contributed by atoms with E-state index in [0.717, 1.165) is 10.5 Å². The fraction of sp³-hybridized carbons (Fsp3) is 0.250. The van der Waals surface area contributed by atoms with Gasteiger partial charge in [-0.25, -0.2) is 0 Å². The quantitative estimate of drug-likeness (QED) is 0.757. The van der Waals surface area contributed by atoms with Gasteiger partial charge in [0.1, 0.15) is 0 Å². The van der Waals surface area contributed by atoms with Gasteiger partial charge in [-0.2, -0.15) is 0 Å². The molecule has 0 unspecified atom stereocenters. The number of amides is 3. The predicted octanol–water partition coefficient (Wildman–Crippen LogP) is 2.20. The molecule has 3 amide bonds. The van der Waals surface area contributed by atoms with Crippen LogP contribution in [0.5, 0.6) is 11.5 Å². The number of nitrogens with zero attached hydrogens (tertiary/aromatic N) is 2. The summed E-state index contributed by atoms with van der Waals surface area (Å²) in [4.78, 5) is 39.5. The number of carbonyl (C=O) groups is 3. The van der Waals surface area contributed by atoms with Gasteiger partial charge in [-0.05, 0) is 24.3 Å². The molecule has 0 spiro atoms. The Morgan fingerprint density at radius 2 is 1.74 bits per heavy atom. The fourth-order valence-corrected chi connectivity index (χ4v) is 3.12. The van der Waals surface area contributed by atoms with Gasteiger partial charge in [0.2, 0.25) is 0 Å². The lowest BCUT2D eigenvalue weighted by Gasteiger charge is -2.20. The van der Waals surface area contributed by atoms with E-state index in [9.17, 15) is 14.4 Å². The van der Waals surface area contributed by atoms with Gasteiger partial charge in [0.15, 0.2) is 11.5 Å². The molecule has 27 heavy (non-hydrogen) atoms. The SMILES string of the molecule is COc1cccc(CN(C)C(=O)c2ccc3c(c2)C(=O)N(C)C3=O)c1OC. The maximum absolute atomic E-state index is 12.8. The van der Waals surface area contributed by atoms with Crippen molar-refractivity contribution in [3.8, 4) is 11.5 Å². The van der Waals surface area contributed by atoms with Crippen molar-refractivity contribution in [2.45, 2.75) is 6.54 Å². The number of fused-ring (bicyclic) bond motifs is 1. The minimum Gasteiger partial charge on any atom is -0.493 e. The van der Waals surface area contributed by atoms with Crippen molar-refractivity contribution in [2.75, 3.05) is 28.3 Å². The largest absolute Gasteiger partial charge is 0.493 e. The molecule has 0 fully saturated rings. The van der Waals surface area contributed by atoms with Crippen LogP contribution in [0.3, 0.4) is 0 Å². The molecular weight excluding hydrogens is 348 g/mol. The van der Waals surface area contributed by atoms with Crippen molar-refractivity contribution in [1.82, 2.24) is 9.80 Å². The molecular formula is C20H20N2O5. The van der Waals surface area contributed by atoms with Crippen LogP contribution in [0, 0.1) is 0 Å². The van der Waals surface area contributed by atoms with Crippen LogP contribution < -0.4 is 9.47 Å². The van der Waals surface area contributed by atoms with Crippen LogP contribution in [0.4, 0.5) is 0 Å². The molecule has 1 heterocycles. The van der Waals surface area contributed by atoms with E-state index in [4.69, 9.17) is 9.47 Å². The van der Waals surface area contributed by atoms with E-state index < -0.39 is 5.91 Å². The molecule has 0 saturated carbocycles. The van der Waals surface area contributed by atoms with Crippen LogP contribution >= 0.6 is 0 Å². The maximum Gasteiger partial charge on any atom is 0.261 e. The first-order chi connectivity index (χ1) is 12.9. The normalized spacial score (nSPS) is 12.8. The van der Waals surface area contributed by atoms with Gasteiger partial charge in [0.05, 0.1) is 25.3 Å². The van der Waals surface area contributed by atoms with Gasteiger partial charge in [0.25, 0.3) is 17.7 Å². The second kappa shape index (κ2) is 7.11. The third kappa shape index (κ3) is 3.12. The zero-order chi connectivity index (χ0) is 19.7. The maximum atomic E-state index is 12.8. The molecule has 3 rings (SSSR count). The molecule has 0 radical (unpaired) electrons. The zero-order valence-electron chi connectivity index (χ0n) is 15.6. The second-order valence-corrected chi connectivity index (χ2v) is 6.24. The first-order valence-corrected chi connectivity index (χ1v) is 8.30. The van der Waals surface area contributed by atoms with E-state index in [1.165, 1.54) is 24.1 Å². The Kier molecular flexibility index (Phi) is 4.85. The molecule has 0 N–H and O–H groups in total. The molecule has 2 aromatic carbocycles. The Balaban J connectivity index is 1.86. The van der Waals surface area contributed by atoms with Gasteiger partial charge in [-0.3, -0.25) is 19.3 Å². The summed E-state index contributed by atoms with van der Waals surface area (Å²) in [5, 5.41) is 0. The van der Waals surface area contributed by atoms with Crippen LogP contribution in [-0.2, 0) is 6.54 Å². The second-order valence-electron chi connectivity index (χ2n) is 6.24. The Labute approximate surface area is 157 Å². The Morgan fingerprint density at radius 1 is 1.04 bits per heavy atom. The highest BCUT2D eigenvalue weighted by atomic mass is 16.5. The minimum atomic E-state index is -0.401. The zero-order valence-corrected chi connectivity index (χ0v) is 15.6. The summed E-state index contributed by atoms with van der Waals surface area (Å²) < 4.78 is 10.7. The number of ether oxygens (including phenoxy) is 2. The lowest BCUT2D eigenvalue weighted by Crippen LogP contribution is -2.26. The smallest absolute Gasteiger partial charge is 0.261 e. The molecule has 1 aliphatic rings. The van der Waals surface area contributed by atoms with Crippen LogP contribution in [0.15, 0.2) is 36.4 Å². The van der Waals surface area contributed by atoms with Crippen molar-refractivity contribution in [1.29, 1.82) is 0 Å². The molecule has 7 heteroatoms. The molecule has 2 aromatic rings. The van der Waals surface area contributed by atoms with Crippen molar-refractivity contribution in [3.05, 3.63) is 58.7 Å². The number of benzene rings is 2. The Morgan fingerprint density at radius 3 is 2.41 bits per heavy atom. The first kappa shape index (κ1) is 18.4. The average Bonchev–Trinajstić information content (AvgIpc) is 2.90. The Bertz CT molecular complexity index is 938. The van der Waals surface area contributed by atoms with Crippen molar-refractivity contribution in [3.63, 3.8) is 0 Å². The molecule has 0 saturated heterocycles. The van der Waals surface area contributed by atoms with E-state index in [-0.39, 0.29) is 17.4 Å². The van der Waals surface area contributed by atoms with Crippen molar-refractivity contribution < 1.29 is 23.9 Å². The molecule has 0 aliphatic carbocycles. The highest BCUT2D eigenvalue weighted by molar-refractivity contribution is 6.21. The number of para-hydroxylation sites is 1. The van der Waals surface area contributed by atoms with Gasteiger partial charge >= 0.3 is 0 Å². The van der Waals surface area contributed by atoms with Crippen molar-refractivity contribution >= 4 is 17.7 Å². The van der Waals surface area contributed by atoms with Crippen LogP contribution in [0.1, 0.15) is 36.6 Å². The number of hydrogen-bond donors (Lipinski definition) is 0. The van der Waals surface area contributed by atoms with Gasteiger partial charge < -0.3 is 14.4 Å². The average molecular weight is 368 g/mol. The van der Waals surface area contributed by atoms with Crippen LogP contribution in [0.2, 0.25) is 0 Å². The van der Waals surface area contributed by atoms with E-state index in [2.05, 4.69) is 0 Å². The van der Waals surface area contributed by atoms with Crippen LogP contribution in [-0.4, -0.2) is 55.8 Å². The lowest BCUT2D eigenvalue weighted by molar-refractivity contribution is 0.0692. The molecule has 0 aromatic heterocycles. The minimum absolute atomic E-state index is 0.251. The fourth-order valence-electron chi connectivity index (χ4n) is 3.12. The summed E-state index contributed by atoms with van der Waals surface area (Å²) in [6, 6.07) is 10.0. The summed E-state index contributed by atoms with van der Waals surface area (Å²) in [7, 11) is 6.18. The van der Waals surface area contributed by atoms with Crippen LogP contribution in [0.25, 0.3) is 0 Å². The highest BCUT2D eigenvalue weighted by Gasteiger charge is 2.33. The number of carbonyl (C=O) groups excluding carboxylic acids is 3.